The van der Waals surface area contributed by atoms with Gasteiger partial charge >= 0.3 is 0 Å². The molecule has 0 spiro atoms. The molecule has 2 aliphatic rings. The van der Waals surface area contributed by atoms with E-state index in [4.69, 9.17) is 9.84 Å². The van der Waals surface area contributed by atoms with Gasteiger partial charge in [0.15, 0.2) is 0 Å². The summed E-state index contributed by atoms with van der Waals surface area (Å²) in [6, 6.07) is 18.6. The maximum atomic E-state index is 6.35. The third-order valence-electron chi connectivity index (χ3n) is 4.92. The molecule has 5 rings (SSSR count). The summed E-state index contributed by atoms with van der Waals surface area (Å²) in [7, 11) is 0. The minimum absolute atomic E-state index is 0.142. The first-order chi connectivity index (χ1) is 13.2. The third-order valence-corrected chi connectivity index (χ3v) is 5.94. The summed E-state index contributed by atoms with van der Waals surface area (Å²) in [5.74, 6) is 0.911. The zero-order valence-electron chi connectivity index (χ0n) is 14.2. The van der Waals surface area contributed by atoms with Crippen LogP contribution in [-0.2, 0) is 0 Å². The lowest BCUT2D eigenvalue weighted by molar-refractivity contribution is -0.0191. The van der Waals surface area contributed by atoms with Crippen LogP contribution in [0.1, 0.15) is 35.4 Å². The molecule has 2 aromatic carbocycles. The Morgan fingerprint density at radius 1 is 0.926 bits per heavy atom. The van der Waals surface area contributed by atoms with Crippen LogP contribution in [0, 0.1) is 0 Å². The second-order valence-electron chi connectivity index (χ2n) is 6.59. The molecular formula is C21H15Br2N3O. The molecule has 0 fully saturated rings. The van der Waals surface area contributed by atoms with Crippen molar-refractivity contribution < 1.29 is 4.74 Å². The van der Waals surface area contributed by atoms with E-state index in [-0.39, 0.29) is 12.3 Å². The number of hydrazone groups is 1. The first kappa shape index (κ1) is 17.0. The number of pyridine rings is 1. The fraction of sp³-hybridized carbons (Fsp3) is 0.143. The number of halogens is 2. The van der Waals surface area contributed by atoms with Gasteiger partial charge in [0.25, 0.3) is 0 Å². The zero-order chi connectivity index (χ0) is 18.4. The Balaban J connectivity index is 1.60. The van der Waals surface area contributed by atoms with Crippen molar-refractivity contribution in [1.29, 1.82) is 0 Å². The second kappa shape index (κ2) is 6.77. The molecule has 3 heterocycles. The quantitative estimate of drug-likeness (QED) is 0.458. The number of nitrogens with zero attached hydrogens (tertiary/aromatic N) is 3. The summed E-state index contributed by atoms with van der Waals surface area (Å²) < 4.78 is 8.46. The zero-order valence-corrected chi connectivity index (χ0v) is 17.4. The first-order valence-corrected chi connectivity index (χ1v) is 10.3. The normalized spacial score (nSPS) is 20.5. The Kier molecular flexibility index (Phi) is 4.25. The predicted octanol–water partition coefficient (Wildman–Crippen LogP) is 5.85. The van der Waals surface area contributed by atoms with Gasteiger partial charge in [-0.15, -0.1) is 0 Å². The average molecular weight is 485 g/mol. The van der Waals surface area contributed by atoms with Crippen LogP contribution >= 0.6 is 31.9 Å². The van der Waals surface area contributed by atoms with Crippen molar-refractivity contribution in [3.05, 3.63) is 92.6 Å². The van der Waals surface area contributed by atoms with Gasteiger partial charge in [0.2, 0.25) is 6.23 Å². The lowest BCUT2D eigenvalue weighted by atomic mass is 9.96. The van der Waals surface area contributed by atoms with E-state index in [0.29, 0.717) is 0 Å². The van der Waals surface area contributed by atoms with Crippen LogP contribution in [0.2, 0.25) is 0 Å². The van der Waals surface area contributed by atoms with Crippen LogP contribution in [0.4, 0.5) is 0 Å². The van der Waals surface area contributed by atoms with Gasteiger partial charge in [-0.25, -0.2) is 5.01 Å². The molecule has 1 aromatic heterocycles. The molecular weight excluding hydrogens is 470 g/mol. The molecule has 0 saturated carbocycles. The van der Waals surface area contributed by atoms with Gasteiger partial charge in [-0.05, 0) is 48.0 Å². The number of fused-ring (bicyclic) bond motifs is 3. The number of ether oxygens (including phenoxy) is 1. The van der Waals surface area contributed by atoms with Crippen LogP contribution in [-0.4, -0.2) is 15.7 Å². The van der Waals surface area contributed by atoms with E-state index in [2.05, 4.69) is 72.2 Å². The molecule has 3 aromatic rings. The van der Waals surface area contributed by atoms with E-state index in [1.807, 2.05) is 24.3 Å². The topological polar surface area (TPSA) is 37.7 Å². The van der Waals surface area contributed by atoms with Gasteiger partial charge in [0.1, 0.15) is 5.75 Å². The maximum absolute atomic E-state index is 6.35. The smallest absolute Gasteiger partial charge is 0.213 e. The summed E-state index contributed by atoms with van der Waals surface area (Å²) in [6.45, 7) is 0. The van der Waals surface area contributed by atoms with Crippen LogP contribution < -0.4 is 4.74 Å². The van der Waals surface area contributed by atoms with Crippen molar-refractivity contribution in [1.82, 2.24) is 9.99 Å². The van der Waals surface area contributed by atoms with Crippen molar-refractivity contribution in [2.45, 2.75) is 18.7 Å². The lowest BCUT2D eigenvalue weighted by Crippen LogP contribution is -2.33. The molecule has 2 atom stereocenters. The average Bonchev–Trinajstić information content (AvgIpc) is 3.14. The van der Waals surface area contributed by atoms with Crippen LogP contribution in [0.3, 0.4) is 0 Å². The number of rotatable bonds is 2. The summed E-state index contributed by atoms with van der Waals surface area (Å²) in [4.78, 5) is 4.13. The highest BCUT2D eigenvalue weighted by Crippen LogP contribution is 2.48. The Hall–Kier alpha value is -2.18. The predicted molar refractivity (Wildman–Crippen MR) is 112 cm³/mol. The van der Waals surface area contributed by atoms with Gasteiger partial charge < -0.3 is 4.74 Å². The molecule has 0 aliphatic carbocycles. The van der Waals surface area contributed by atoms with Crippen LogP contribution in [0.25, 0.3) is 0 Å². The molecule has 6 heteroatoms. The highest BCUT2D eigenvalue weighted by Gasteiger charge is 2.41. The highest BCUT2D eigenvalue weighted by atomic mass is 79.9. The number of hydrogen-bond acceptors (Lipinski definition) is 4. The largest absolute Gasteiger partial charge is 0.464 e. The minimum atomic E-state index is -0.264. The fourth-order valence-electron chi connectivity index (χ4n) is 3.62. The molecule has 0 radical (unpaired) electrons. The molecule has 0 unspecified atom stereocenters. The summed E-state index contributed by atoms with van der Waals surface area (Å²) in [5, 5.41) is 7.06. The molecule has 0 amide bonds. The number of benzene rings is 2. The SMILES string of the molecule is Brc1ccc(C2=NN3[C@H](C2)c2cc(Br)ccc2O[C@H]3c2ccncc2)cc1. The number of aromatic nitrogens is 1. The Bertz CT molecular complexity index is 1020. The molecule has 0 N–H and O–H groups in total. The van der Waals surface area contributed by atoms with E-state index >= 15 is 0 Å². The van der Waals surface area contributed by atoms with Gasteiger partial charge in [0, 0.05) is 38.9 Å². The van der Waals surface area contributed by atoms with Crippen molar-refractivity contribution in [3.8, 4) is 5.75 Å². The van der Waals surface area contributed by atoms with Crippen molar-refractivity contribution in [3.63, 3.8) is 0 Å². The molecule has 0 saturated heterocycles. The van der Waals surface area contributed by atoms with Crippen molar-refractivity contribution >= 4 is 37.6 Å². The molecule has 0 bridgehead atoms. The number of hydrogen-bond donors (Lipinski definition) is 0. The lowest BCUT2D eigenvalue weighted by Gasteiger charge is -2.38. The highest BCUT2D eigenvalue weighted by molar-refractivity contribution is 9.10. The third kappa shape index (κ3) is 3.07. The Morgan fingerprint density at radius 2 is 1.67 bits per heavy atom. The van der Waals surface area contributed by atoms with E-state index in [0.717, 1.165) is 43.5 Å². The van der Waals surface area contributed by atoms with Gasteiger partial charge in [-0.2, -0.15) is 5.10 Å². The molecule has 2 aliphatic heterocycles. The van der Waals surface area contributed by atoms with Crippen molar-refractivity contribution in [2.75, 3.05) is 0 Å². The van der Waals surface area contributed by atoms with Gasteiger partial charge in [-0.3, -0.25) is 4.98 Å². The Labute approximate surface area is 174 Å². The first-order valence-electron chi connectivity index (χ1n) is 8.67. The fourth-order valence-corrected chi connectivity index (χ4v) is 4.27. The van der Waals surface area contributed by atoms with E-state index in [1.165, 1.54) is 0 Å². The van der Waals surface area contributed by atoms with Crippen LogP contribution in [0.5, 0.6) is 5.75 Å². The monoisotopic (exact) mass is 483 g/mol. The summed E-state index contributed by atoms with van der Waals surface area (Å²) in [6.07, 6.45) is 4.16. The molecule has 134 valence electrons. The van der Waals surface area contributed by atoms with Crippen molar-refractivity contribution in [2.24, 2.45) is 5.10 Å². The maximum Gasteiger partial charge on any atom is 0.213 e. The summed E-state index contributed by atoms with van der Waals surface area (Å²) >= 11 is 7.09. The van der Waals surface area contributed by atoms with E-state index < -0.39 is 0 Å². The van der Waals surface area contributed by atoms with E-state index in [1.54, 1.807) is 12.4 Å². The molecule has 4 nitrogen and oxygen atoms in total. The van der Waals surface area contributed by atoms with Crippen LogP contribution in [0.15, 0.2) is 81.0 Å². The summed E-state index contributed by atoms with van der Waals surface area (Å²) in [5.41, 5.74) is 4.41. The standard InChI is InChI=1S/C21H15Br2N3O/c22-15-3-1-13(2-4-15)18-12-19-17-11-16(23)5-6-20(17)27-21(26(19)25-18)14-7-9-24-10-8-14/h1-11,19,21H,12H2/t19-,21+/m1/s1. The van der Waals surface area contributed by atoms with Gasteiger partial charge in [-0.1, -0.05) is 44.0 Å². The second-order valence-corrected chi connectivity index (χ2v) is 8.42. The minimum Gasteiger partial charge on any atom is -0.464 e. The Morgan fingerprint density at radius 3 is 2.44 bits per heavy atom. The molecule has 27 heavy (non-hydrogen) atoms. The van der Waals surface area contributed by atoms with Gasteiger partial charge in [0.05, 0.1) is 11.8 Å². The van der Waals surface area contributed by atoms with E-state index in [9.17, 15) is 0 Å².